The van der Waals surface area contributed by atoms with Crippen LogP contribution in [0.5, 0.6) is 0 Å². The largest absolute Gasteiger partial charge is 0.458 e. The Balaban J connectivity index is 1.59. The highest BCUT2D eigenvalue weighted by atomic mass is 16.5. The van der Waals surface area contributed by atoms with E-state index in [4.69, 9.17) is 4.74 Å². The minimum absolute atomic E-state index is 0.0668. The van der Waals surface area contributed by atoms with E-state index >= 15 is 0 Å². The highest BCUT2D eigenvalue weighted by Crippen LogP contribution is 2.11. The summed E-state index contributed by atoms with van der Waals surface area (Å²) >= 11 is 0. The van der Waals surface area contributed by atoms with Crippen molar-refractivity contribution in [3.05, 3.63) is 71.7 Å². The lowest BCUT2D eigenvalue weighted by Gasteiger charge is -2.20. The summed E-state index contributed by atoms with van der Waals surface area (Å²) in [5.74, 6) is -0.745. The fourth-order valence-corrected chi connectivity index (χ4v) is 2.96. The molecule has 0 aliphatic carbocycles. The van der Waals surface area contributed by atoms with E-state index in [-0.39, 0.29) is 24.9 Å². The highest BCUT2D eigenvalue weighted by molar-refractivity contribution is 5.85. The summed E-state index contributed by atoms with van der Waals surface area (Å²) < 4.78 is 7.34. The van der Waals surface area contributed by atoms with Gasteiger partial charge in [-0.3, -0.25) is 4.79 Å². The SMILES string of the molecule is Cc1ccc2nc(COC(=O)[C@@H](NC(=O)Cc3ccccc3)C(C)C)cn2c1. The summed E-state index contributed by atoms with van der Waals surface area (Å²) in [5.41, 5.74) is 3.48. The molecule has 0 aliphatic heterocycles. The van der Waals surface area contributed by atoms with E-state index in [0.29, 0.717) is 5.69 Å². The highest BCUT2D eigenvalue weighted by Gasteiger charge is 2.26. The van der Waals surface area contributed by atoms with Crippen molar-refractivity contribution in [2.45, 2.75) is 39.8 Å². The van der Waals surface area contributed by atoms with E-state index < -0.39 is 12.0 Å². The minimum atomic E-state index is -0.699. The van der Waals surface area contributed by atoms with E-state index in [1.54, 1.807) is 0 Å². The van der Waals surface area contributed by atoms with Gasteiger partial charge in [0, 0.05) is 12.4 Å². The predicted molar refractivity (Wildman–Crippen MR) is 107 cm³/mol. The van der Waals surface area contributed by atoms with Crippen LogP contribution in [0.1, 0.15) is 30.7 Å². The van der Waals surface area contributed by atoms with Crippen molar-refractivity contribution in [2.24, 2.45) is 5.92 Å². The topological polar surface area (TPSA) is 72.7 Å². The average molecular weight is 379 g/mol. The number of hydrogen-bond donors (Lipinski definition) is 1. The Kier molecular flexibility index (Phi) is 6.09. The first-order valence-electron chi connectivity index (χ1n) is 9.36. The zero-order valence-electron chi connectivity index (χ0n) is 16.4. The quantitative estimate of drug-likeness (QED) is 0.641. The monoisotopic (exact) mass is 379 g/mol. The third kappa shape index (κ3) is 4.97. The summed E-state index contributed by atoms with van der Waals surface area (Å²) in [6.45, 7) is 5.83. The van der Waals surface area contributed by atoms with Gasteiger partial charge < -0.3 is 14.5 Å². The maximum atomic E-state index is 12.5. The van der Waals surface area contributed by atoms with Crippen LogP contribution in [-0.4, -0.2) is 27.3 Å². The number of imidazole rings is 1. The Morgan fingerprint density at radius 3 is 2.57 bits per heavy atom. The van der Waals surface area contributed by atoms with Crippen LogP contribution in [-0.2, 0) is 27.4 Å². The molecule has 0 aliphatic rings. The van der Waals surface area contributed by atoms with Gasteiger partial charge >= 0.3 is 5.97 Å². The second-order valence-corrected chi connectivity index (χ2v) is 7.26. The number of carbonyl (C=O) groups is 2. The number of pyridine rings is 1. The number of fused-ring (bicyclic) bond motifs is 1. The fourth-order valence-electron chi connectivity index (χ4n) is 2.96. The van der Waals surface area contributed by atoms with Crippen molar-refractivity contribution >= 4 is 17.5 Å². The normalized spacial score (nSPS) is 12.1. The number of nitrogens with zero attached hydrogens (tertiary/aromatic N) is 2. The van der Waals surface area contributed by atoms with Crippen LogP contribution in [0.15, 0.2) is 54.9 Å². The number of aromatic nitrogens is 2. The van der Waals surface area contributed by atoms with Crippen molar-refractivity contribution in [2.75, 3.05) is 0 Å². The summed E-state index contributed by atoms with van der Waals surface area (Å²) in [7, 11) is 0. The first-order valence-corrected chi connectivity index (χ1v) is 9.36. The number of carbonyl (C=O) groups excluding carboxylic acids is 2. The lowest BCUT2D eigenvalue weighted by atomic mass is 10.0. The summed E-state index contributed by atoms with van der Waals surface area (Å²) in [4.78, 5) is 29.3. The Bertz CT molecular complexity index is 964. The lowest BCUT2D eigenvalue weighted by Crippen LogP contribution is -2.45. The molecule has 1 atom stereocenters. The van der Waals surface area contributed by atoms with Gasteiger partial charge in [-0.25, -0.2) is 9.78 Å². The molecule has 1 aromatic carbocycles. The molecule has 2 heterocycles. The van der Waals surface area contributed by atoms with E-state index in [0.717, 1.165) is 16.8 Å². The van der Waals surface area contributed by atoms with Crippen LogP contribution in [0, 0.1) is 12.8 Å². The van der Waals surface area contributed by atoms with Gasteiger partial charge in [-0.2, -0.15) is 0 Å². The van der Waals surface area contributed by atoms with Gasteiger partial charge in [0.1, 0.15) is 18.3 Å². The Labute approximate surface area is 164 Å². The first-order chi connectivity index (χ1) is 13.4. The zero-order chi connectivity index (χ0) is 20.1. The van der Waals surface area contributed by atoms with Gasteiger partial charge in [0.15, 0.2) is 0 Å². The predicted octanol–water partition coefficient (Wildman–Crippen LogP) is 3.07. The molecule has 0 unspecified atom stereocenters. The molecule has 3 rings (SSSR count). The second kappa shape index (κ2) is 8.69. The number of esters is 1. The number of aryl methyl sites for hydroxylation is 1. The smallest absolute Gasteiger partial charge is 0.329 e. The third-order valence-electron chi connectivity index (χ3n) is 4.46. The number of rotatable bonds is 7. The number of ether oxygens (including phenoxy) is 1. The molecule has 1 N–H and O–H groups in total. The standard InChI is InChI=1S/C22H25N3O3/c1-15(2)21(24-20(26)11-17-7-5-4-6-8-17)22(27)28-14-18-13-25-12-16(3)9-10-19(25)23-18/h4-10,12-13,15,21H,11,14H2,1-3H3,(H,24,26)/t21-/m0/s1. The van der Waals surface area contributed by atoms with Gasteiger partial charge in [-0.1, -0.05) is 50.2 Å². The van der Waals surface area contributed by atoms with E-state index in [1.807, 2.05) is 80.0 Å². The maximum Gasteiger partial charge on any atom is 0.329 e. The van der Waals surface area contributed by atoms with E-state index in [2.05, 4.69) is 10.3 Å². The molecular formula is C22H25N3O3. The van der Waals surface area contributed by atoms with Gasteiger partial charge in [-0.15, -0.1) is 0 Å². The Morgan fingerprint density at radius 2 is 1.86 bits per heavy atom. The van der Waals surface area contributed by atoms with Crippen LogP contribution in [0.2, 0.25) is 0 Å². The Hall–Kier alpha value is -3.15. The molecule has 0 bridgehead atoms. The molecule has 6 heteroatoms. The lowest BCUT2D eigenvalue weighted by molar-refractivity contribution is -0.150. The molecule has 3 aromatic rings. The van der Waals surface area contributed by atoms with Crippen LogP contribution in [0.25, 0.3) is 5.65 Å². The van der Waals surface area contributed by atoms with Crippen LogP contribution in [0.3, 0.4) is 0 Å². The van der Waals surface area contributed by atoms with Crippen LogP contribution in [0.4, 0.5) is 0 Å². The third-order valence-corrected chi connectivity index (χ3v) is 4.46. The molecule has 0 radical (unpaired) electrons. The van der Waals surface area contributed by atoms with Gasteiger partial charge in [0.25, 0.3) is 0 Å². The summed E-state index contributed by atoms with van der Waals surface area (Å²) in [6, 6.07) is 12.6. The van der Waals surface area contributed by atoms with Crippen molar-refractivity contribution in [3.63, 3.8) is 0 Å². The number of amides is 1. The van der Waals surface area contributed by atoms with Gasteiger partial charge in [0.2, 0.25) is 5.91 Å². The molecular weight excluding hydrogens is 354 g/mol. The Morgan fingerprint density at radius 1 is 1.11 bits per heavy atom. The number of hydrogen-bond acceptors (Lipinski definition) is 4. The van der Waals surface area contributed by atoms with E-state index in [1.165, 1.54) is 0 Å². The van der Waals surface area contributed by atoms with Crippen molar-refractivity contribution in [1.29, 1.82) is 0 Å². The average Bonchev–Trinajstić information content (AvgIpc) is 3.06. The molecule has 1 amide bonds. The van der Waals surface area contributed by atoms with Crippen molar-refractivity contribution < 1.29 is 14.3 Å². The molecule has 6 nitrogen and oxygen atoms in total. The van der Waals surface area contributed by atoms with Gasteiger partial charge in [-0.05, 0) is 30.0 Å². The molecule has 146 valence electrons. The van der Waals surface area contributed by atoms with Crippen LogP contribution >= 0.6 is 0 Å². The molecule has 0 fully saturated rings. The fraction of sp³-hybridized carbons (Fsp3) is 0.318. The zero-order valence-corrected chi connectivity index (χ0v) is 16.4. The molecule has 0 saturated carbocycles. The molecule has 0 saturated heterocycles. The summed E-state index contributed by atoms with van der Waals surface area (Å²) in [5, 5.41) is 2.80. The van der Waals surface area contributed by atoms with E-state index in [9.17, 15) is 9.59 Å². The number of benzene rings is 1. The minimum Gasteiger partial charge on any atom is -0.458 e. The second-order valence-electron chi connectivity index (χ2n) is 7.26. The maximum absolute atomic E-state index is 12.5. The summed E-state index contributed by atoms with van der Waals surface area (Å²) in [6.07, 6.45) is 4.03. The molecule has 28 heavy (non-hydrogen) atoms. The number of nitrogens with one attached hydrogen (secondary N) is 1. The van der Waals surface area contributed by atoms with Crippen molar-refractivity contribution in [3.8, 4) is 0 Å². The molecule has 2 aromatic heterocycles. The van der Waals surface area contributed by atoms with Crippen molar-refractivity contribution in [1.82, 2.24) is 14.7 Å². The first kappa shape index (κ1) is 19.6. The van der Waals surface area contributed by atoms with Gasteiger partial charge in [0.05, 0.1) is 12.1 Å². The molecule has 0 spiro atoms. The van der Waals surface area contributed by atoms with Crippen LogP contribution < -0.4 is 5.32 Å².